The van der Waals surface area contributed by atoms with E-state index < -0.39 is 17.2 Å². The topological polar surface area (TPSA) is 60.2 Å². The van der Waals surface area contributed by atoms with E-state index in [1.54, 1.807) is 12.1 Å². The Balaban J connectivity index is 1.83. The third-order valence-electron chi connectivity index (χ3n) is 4.06. The predicted octanol–water partition coefficient (Wildman–Crippen LogP) is 4.82. The van der Waals surface area contributed by atoms with Crippen LogP contribution in [0.4, 0.5) is 8.78 Å². The van der Waals surface area contributed by atoms with Crippen molar-refractivity contribution in [3.63, 3.8) is 0 Å². The van der Waals surface area contributed by atoms with Crippen molar-refractivity contribution in [3.8, 4) is 5.75 Å². The highest BCUT2D eigenvalue weighted by atomic mass is 127. The molecule has 0 aliphatic carbocycles. The maximum Gasteiger partial charge on any atom is 0.137 e. The first kappa shape index (κ1) is 21.2. The van der Waals surface area contributed by atoms with E-state index in [0.29, 0.717) is 19.4 Å². The maximum absolute atomic E-state index is 14.4. The van der Waals surface area contributed by atoms with Crippen molar-refractivity contribution in [3.05, 3.63) is 73.8 Å². The molecule has 28 heavy (non-hydrogen) atoms. The minimum atomic E-state index is -1.71. The van der Waals surface area contributed by atoms with Gasteiger partial charge >= 0.3 is 0 Å². The Hall–Kier alpha value is -1.49. The fraction of sp³-hybridized carbons (Fsp3) is 0.222. The van der Waals surface area contributed by atoms with Crippen molar-refractivity contribution >= 4 is 45.8 Å². The monoisotopic (exact) mass is 539 g/mol. The average Bonchev–Trinajstić information content (AvgIpc) is 3.11. The van der Waals surface area contributed by atoms with Gasteiger partial charge in [0.1, 0.15) is 35.6 Å². The second kappa shape index (κ2) is 8.89. The normalized spacial score (nSPS) is 13.4. The summed E-state index contributed by atoms with van der Waals surface area (Å²) in [6.45, 7) is -0.0685. The van der Waals surface area contributed by atoms with Gasteiger partial charge in [-0.05, 0) is 40.8 Å². The number of nitrogens with zero attached hydrogens (tertiary/aromatic N) is 3. The second-order valence-electron chi connectivity index (χ2n) is 6.05. The van der Waals surface area contributed by atoms with Gasteiger partial charge in [0.2, 0.25) is 0 Å². The lowest BCUT2D eigenvalue weighted by Gasteiger charge is -2.29. The van der Waals surface area contributed by atoms with Crippen molar-refractivity contribution < 1.29 is 18.6 Å². The van der Waals surface area contributed by atoms with Gasteiger partial charge in [-0.2, -0.15) is 5.10 Å². The zero-order chi connectivity index (χ0) is 20.3. The Kier molecular flexibility index (Phi) is 6.74. The van der Waals surface area contributed by atoms with Crippen LogP contribution in [0.3, 0.4) is 0 Å². The van der Waals surface area contributed by atoms with Gasteiger partial charge < -0.3 is 9.84 Å². The van der Waals surface area contributed by atoms with Crippen LogP contribution in [0.1, 0.15) is 12.0 Å². The molecule has 148 valence electrons. The van der Waals surface area contributed by atoms with Crippen LogP contribution < -0.4 is 4.74 Å². The molecule has 0 aliphatic heterocycles. The number of hydrogen-bond acceptors (Lipinski definition) is 4. The molecule has 0 spiro atoms. The number of aromatic nitrogens is 3. The molecule has 1 heterocycles. The van der Waals surface area contributed by atoms with Crippen molar-refractivity contribution in [2.45, 2.75) is 18.6 Å². The lowest BCUT2D eigenvalue weighted by molar-refractivity contribution is -0.00799. The molecular weight excluding hydrogens is 526 g/mol. The number of ether oxygens (including phenoxy) is 1. The summed E-state index contributed by atoms with van der Waals surface area (Å²) < 4.78 is 35.4. The highest BCUT2D eigenvalue weighted by molar-refractivity contribution is 14.1. The summed E-state index contributed by atoms with van der Waals surface area (Å²) in [5, 5.41) is 16.0. The van der Waals surface area contributed by atoms with Crippen LogP contribution >= 0.6 is 45.8 Å². The summed E-state index contributed by atoms with van der Waals surface area (Å²) in [6.07, 6.45) is 2.69. The van der Waals surface area contributed by atoms with E-state index in [-0.39, 0.29) is 25.1 Å². The van der Waals surface area contributed by atoms with E-state index in [4.69, 9.17) is 27.9 Å². The molecule has 1 N–H and O–H groups in total. The first-order chi connectivity index (χ1) is 13.3. The molecule has 0 aliphatic rings. The molecule has 0 fully saturated rings. The van der Waals surface area contributed by atoms with Crippen LogP contribution in [-0.4, -0.2) is 26.5 Å². The highest BCUT2D eigenvalue weighted by Crippen LogP contribution is 2.34. The second-order valence-corrected chi connectivity index (χ2v) is 7.97. The number of aliphatic hydroxyl groups is 1. The summed E-state index contributed by atoms with van der Waals surface area (Å²) in [4.78, 5) is 3.82. The third kappa shape index (κ3) is 4.91. The summed E-state index contributed by atoms with van der Waals surface area (Å²) in [5.41, 5.74) is -1.77. The first-order valence-corrected chi connectivity index (χ1v) is 9.89. The van der Waals surface area contributed by atoms with E-state index >= 15 is 0 Å². The third-order valence-corrected chi connectivity index (χ3v) is 6.00. The van der Waals surface area contributed by atoms with E-state index in [1.165, 1.54) is 23.4 Å². The standard InChI is InChI=1S/C18H14Cl2F2IN3O2/c19-11-5-14(20)17(23)16(6-11)28-4-3-18(27,8-26-10-24-9-25-26)13-2-1-12(21)7-15(13)22/h1-2,5-7,9-10,27H,3-4,8H2. The maximum atomic E-state index is 14.4. The molecule has 1 unspecified atom stereocenters. The van der Waals surface area contributed by atoms with Gasteiger partial charge in [-0.25, -0.2) is 18.4 Å². The Morgan fingerprint density at radius 3 is 2.68 bits per heavy atom. The van der Waals surface area contributed by atoms with E-state index in [2.05, 4.69) is 10.1 Å². The zero-order valence-corrected chi connectivity index (χ0v) is 17.9. The van der Waals surface area contributed by atoms with Crippen molar-refractivity contribution in [2.24, 2.45) is 0 Å². The summed E-state index contributed by atoms with van der Waals surface area (Å²) >= 11 is 14.1. The molecule has 0 saturated carbocycles. The molecule has 10 heteroatoms. The average molecular weight is 540 g/mol. The van der Waals surface area contributed by atoms with Crippen LogP contribution in [0.5, 0.6) is 5.75 Å². The molecule has 1 atom stereocenters. The molecule has 2 aromatic carbocycles. The van der Waals surface area contributed by atoms with Crippen molar-refractivity contribution in [1.82, 2.24) is 14.8 Å². The predicted molar refractivity (Wildman–Crippen MR) is 110 cm³/mol. The Morgan fingerprint density at radius 2 is 2.00 bits per heavy atom. The summed E-state index contributed by atoms with van der Waals surface area (Å²) in [6, 6.07) is 6.21. The van der Waals surface area contributed by atoms with Gasteiger partial charge in [-0.3, -0.25) is 0 Å². The van der Waals surface area contributed by atoms with Gasteiger partial charge in [0.05, 0.1) is 21.7 Å². The first-order valence-electron chi connectivity index (χ1n) is 8.06. The van der Waals surface area contributed by atoms with Crippen LogP contribution in [0.2, 0.25) is 10.0 Å². The van der Waals surface area contributed by atoms with Crippen LogP contribution in [0.25, 0.3) is 0 Å². The fourth-order valence-corrected chi connectivity index (χ4v) is 3.66. The molecule has 3 rings (SSSR count). The minimum Gasteiger partial charge on any atom is -0.492 e. The Labute approximate surface area is 183 Å². The molecule has 0 radical (unpaired) electrons. The minimum absolute atomic E-state index is 0.00434. The number of halogens is 5. The van der Waals surface area contributed by atoms with E-state index in [9.17, 15) is 13.9 Å². The van der Waals surface area contributed by atoms with Gasteiger partial charge in [0.25, 0.3) is 0 Å². The van der Waals surface area contributed by atoms with E-state index in [0.717, 1.165) is 12.1 Å². The van der Waals surface area contributed by atoms with Crippen LogP contribution in [0, 0.1) is 15.2 Å². The molecule has 0 amide bonds. The number of hydrogen-bond donors (Lipinski definition) is 1. The molecule has 1 aromatic heterocycles. The number of benzene rings is 2. The molecular formula is C18H14Cl2F2IN3O2. The lowest BCUT2D eigenvalue weighted by Crippen LogP contribution is -2.34. The lowest BCUT2D eigenvalue weighted by atomic mass is 9.90. The van der Waals surface area contributed by atoms with Gasteiger partial charge in [0.15, 0.2) is 0 Å². The largest absolute Gasteiger partial charge is 0.492 e. The quantitative estimate of drug-likeness (QED) is 0.345. The fourth-order valence-electron chi connectivity index (χ4n) is 2.72. The molecule has 3 aromatic rings. The molecule has 0 saturated heterocycles. The number of rotatable bonds is 7. The molecule has 5 nitrogen and oxygen atoms in total. The smallest absolute Gasteiger partial charge is 0.137 e. The summed E-state index contributed by atoms with van der Waals surface area (Å²) in [5.74, 6) is -1.15. The summed E-state index contributed by atoms with van der Waals surface area (Å²) in [7, 11) is 0. The zero-order valence-electron chi connectivity index (χ0n) is 14.2. The van der Waals surface area contributed by atoms with E-state index in [1.807, 2.05) is 22.6 Å². The van der Waals surface area contributed by atoms with Crippen LogP contribution in [-0.2, 0) is 12.1 Å². The SMILES string of the molecule is OC(CCOc1cc(Cl)cc(Cl)c1I)(Cn1cncn1)c1ccc(F)cc1F. The van der Waals surface area contributed by atoms with Gasteiger partial charge in [0, 0.05) is 23.1 Å². The highest BCUT2D eigenvalue weighted by Gasteiger charge is 2.33. The van der Waals surface area contributed by atoms with Gasteiger partial charge in [-0.1, -0.05) is 29.3 Å². The Bertz CT molecular complexity index is 976. The van der Waals surface area contributed by atoms with Crippen LogP contribution in [0.15, 0.2) is 43.0 Å². The van der Waals surface area contributed by atoms with Crippen molar-refractivity contribution in [1.29, 1.82) is 0 Å². The van der Waals surface area contributed by atoms with Crippen molar-refractivity contribution in [2.75, 3.05) is 6.61 Å². The molecule has 0 bridgehead atoms. The van der Waals surface area contributed by atoms with Gasteiger partial charge in [-0.15, -0.1) is 0 Å². The Morgan fingerprint density at radius 1 is 1.21 bits per heavy atom.